The first-order chi connectivity index (χ1) is 12.7. The van der Waals surface area contributed by atoms with Gasteiger partial charge in [-0.1, -0.05) is 6.07 Å². The second-order valence-electron chi connectivity index (χ2n) is 5.52. The van der Waals surface area contributed by atoms with E-state index in [9.17, 15) is 4.79 Å². The molecule has 2 N–H and O–H groups in total. The molecule has 0 aliphatic heterocycles. The molecule has 1 aromatic carbocycles. The van der Waals surface area contributed by atoms with Gasteiger partial charge in [-0.15, -0.1) is 0 Å². The molecule has 0 aliphatic carbocycles. The Hall–Kier alpha value is -3.41. The lowest BCUT2D eigenvalue weighted by Crippen LogP contribution is -2.14. The Morgan fingerprint density at radius 2 is 1.85 bits per heavy atom. The van der Waals surface area contributed by atoms with E-state index in [4.69, 9.17) is 4.74 Å². The molecule has 0 unspecified atom stereocenters. The van der Waals surface area contributed by atoms with E-state index in [0.717, 1.165) is 17.1 Å². The molecule has 3 aromatic rings. The predicted molar refractivity (Wildman–Crippen MR) is 101 cm³/mol. The maximum absolute atomic E-state index is 12.4. The van der Waals surface area contributed by atoms with Crippen LogP contribution in [0.4, 0.5) is 11.4 Å². The van der Waals surface area contributed by atoms with Crippen LogP contribution in [0, 0.1) is 0 Å². The lowest BCUT2D eigenvalue weighted by atomic mass is 10.2. The quantitative estimate of drug-likeness (QED) is 0.680. The molecule has 0 atom stereocenters. The Kier molecular flexibility index (Phi) is 5.77. The summed E-state index contributed by atoms with van der Waals surface area (Å²) in [5, 5.41) is 6.07. The van der Waals surface area contributed by atoms with Crippen molar-refractivity contribution in [3.05, 3.63) is 78.4 Å². The van der Waals surface area contributed by atoms with Crippen molar-refractivity contribution >= 4 is 17.3 Å². The molecule has 0 saturated heterocycles. The number of pyridine rings is 2. The summed E-state index contributed by atoms with van der Waals surface area (Å²) in [7, 11) is 0. The molecule has 1 amide bonds. The fraction of sp³-hybridized carbons (Fsp3) is 0.150. The number of amides is 1. The molecule has 0 aliphatic rings. The van der Waals surface area contributed by atoms with Crippen molar-refractivity contribution in [2.24, 2.45) is 0 Å². The van der Waals surface area contributed by atoms with Crippen molar-refractivity contribution in [1.29, 1.82) is 0 Å². The molecule has 0 radical (unpaired) electrons. The third kappa shape index (κ3) is 4.80. The molecule has 0 bridgehead atoms. The first-order valence-electron chi connectivity index (χ1n) is 8.38. The van der Waals surface area contributed by atoms with Crippen LogP contribution in [0.2, 0.25) is 0 Å². The minimum Gasteiger partial charge on any atom is -0.494 e. The lowest BCUT2D eigenvalue weighted by Gasteiger charge is -2.09. The standard InChI is InChI=1S/C20H20N4O2/c1-2-26-18-8-6-15(7-9-18)24-20(25)19-13-16(10-12-22-19)23-14-17-5-3-4-11-21-17/h3-13H,2,14H2,1H3,(H,22,23)(H,24,25). The molecular weight excluding hydrogens is 328 g/mol. The smallest absolute Gasteiger partial charge is 0.274 e. The zero-order valence-corrected chi connectivity index (χ0v) is 14.5. The number of ether oxygens (including phenoxy) is 1. The molecule has 132 valence electrons. The van der Waals surface area contributed by atoms with Crippen LogP contribution in [-0.4, -0.2) is 22.5 Å². The summed E-state index contributed by atoms with van der Waals surface area (Å²) in [4.78, 5) is 20.8. The van der Waals surface area contributed by atoms with E-state index in [0.29, 0.717) is 24.5 Å². The molecular formula is C20H20N4O2. The van der Waals surface area contributed by atoms with Crippen molar-refractivity contribution in [3.63, 3.8) is 0 Å². The fourth-order valence-corrected chi connectivity index (χ4v) is 2.36. The second kappa shape index (κ2) is 8.62. The van der Waals surface area contributed by atoms with Gasteiger partial charge in [-0.2, -0.15) is 0 Å². The Bertz CT molecular complexity index is 851. The van der Waals surface area contributed by atoms with E-state index >= 15 is 0 Å². The van der Waals surface area contributed by atoms with Crippen molar-refractivity contribution in [1.82, 2.24) is 9.97 Å². The summed E-state index contributed by atoms with van der Waals surface area (Å²) < 4.78 is 5.39. The average molecular weight is 348 g/mol. The van der Waals surface area contributed by atoms with Gasteiger partial charge >= 0.3 is 0 Å². The third-order valence-electron chi connectivity index (χ3n) is 3.62. The van der Waals surface area contributed by atoms with E-state index in [1.807, 2.05) is 43.3 Å². The van der Waals surface area contributed by atoms with Gasteiger partial charge in [0.2, 0.25) is 0 Å². The van der Waals surface area contributed by atoms with Gasteiger partial charge in [0, 0.05) is 23.8 Å². The van der Waals surface area contributed by atoms with E-state index in [2.05, 4.69) is 20.6 Å². The van der Waals surface area contributed by atoms with E-state index in [1.165, 1.54) is 0 Å². The van der Waals surface area contributed by atoms with Gasteiger partial charge in [0.05, 0.1) is 18.8 Å². The highest BCUT2D eigenvalue weighted by Gasteiger charge is 2.09. The highest BCUT2D eigenvalue weighted by atomic mass is 16.5. The van der Waals surface area contributed by atoms with Crippen LogP contribution in [0.25, 0.3) is 0 Å². The largest absolute Gasteiger partial charge is 0.494 e. The van der Waals surface area contributed by atoms with Crippen LogP contribution in [0.3, 0.4) is 0 Å². The van der Waals surface area contributed by atoms with Gasteiger partial charge in [0.1, 0.15) is 11.4 Å². The normalized spacial score (nSPS) is 10.2. The molecule has 6 heteroatoms. The number of hydrogen-bond acceptors (Lipinski definition) is 5. The van der Waals surface area contributed by atoms with Crippen LogP contribution in [0.1, 0.15) is 23.1 Å². The molecule has 0 fully saturated rings. The molecule has 2 heterocycles. The molecule has 0 saturated carbocycles. The SMILES string of the molecule is CCOc1ccc(NC(=O)c2cc(NCc3ccccn3)ccn2)cc1. The van der Waals surface area contributed by atoms with Gasteiger partial charge in [-0.3, -0.25) is 14.8 Å². The molecule has 2 aromatic heterocycles. The Labute approximate surface area is 152 Å². The van der Waals surface area contributed by atoms with Crippen molar-refractivity contribution < 1.29 is 9.53 Å². The van der Waals surface area contributed by atoms with Crippen LogP contribution < -0.4 is 15.4 Å². The van der Waals surface area contributed by atoms with Crippen molar-refractivity contribution in [3.8, 4) is 5.75 Å². The molecule has 3 rings (SSSR count). The number of carbonyl (C=O) groups excluding carboxylic acids is 1. The first kappa shape index (κ1) is 17.4. The van der Waals surface area contributed by atoms with E-state index in [-0.39, 0.29) is 5.91 Å². The number of nitrogens with zero attached hydrogens (tertiary/aromatic N) is 2. The third-order valence-corrected chi connectivity index (χ3v) is 3.62. The summed E-state index contributed by atoms with van der Waals surface area (Å²) in [6.07, 6.45) is 3.35. The monoisotopic (exact) mass is 348 g/mol. The number of carbonyl (C=O) groups is 1. The van der Waals surface area contributed by atoms with Gasteiger partial charge in [-0.25, -0.2) is 0 Å². The fourth-order valence-electron chi connectivity index (χ4n) is 2.36. The maximum atomic E-state index is 12.4. The summed E-state index contributed by atoms with van der Waals surface area (Å²) in [6, 6.07) is 16.5. The van der Waals surface area contributed by atoms with Crippen LogP contribution in [0.5, 0.6) is 5.75 Å². The number of nitrogens with one attached hydrogen (secondary N) is 2. The number of rotatable bonds is 7. The van der Waals surface area contributed by atoms with E-state index in [1.54, 1.807) is 30.6 Å². The zero-order chi connectivity index (χ0) is 18.2. The zero-order valence-electron chi connectivity index (χ0n) is 14.5. The highest BCUT2D eigenvalue weighted by molar-refractivity contribution is 6.03. The topological polar surface area (TPSA) is 76.1 Å². The molecule has 26 heavy (non-hydrogen) atoms. The molecule has 6 nitrogen and oxygen atoms in total. The summed E-state index contributed by atoms with van der Waals surface area (Å²) >= 11 is 0. The van der Waals surface area contributed by atoms with E-state index < -0.39 is 0 Å². The highest BCUT2D eigenvalue weighted by Crippen LogP contribution is 2.17. The predicted octanol–water partition coefficient (Wildman–Crippen LogP) is 3.74. The first-order valence-corrected chi connectivity index (χ1v) is 8.38. The Balaban J connectivity index is 1.62. The van der Waals surface area contributed by atoms with Crippen LogP contribution >= 0.6 is 0 Å². The summed E-state index contributed by atoms with van der Waals surface area (Å²) in [5.41, 5.74) is 2.75. The summed E-state index contributed by atoms with van der Waals surface area (Å²) in [6.45, 7) is 3.11. The van der Waals surface area contributed by atoms with Crippen molar-refractivity contribution in [2.45, 2.75) is 13.5 Å². The average Bonchev–Trinajstić information content (AvgIpc) is 2.69. The Morgan fingerprint density at radius 3 is 2.58 bits per heavy atom. The maximum Gasteiger partial charge on any atom is 0.274 e. The summed E-state index contributed by atoms with van der Waals surface area (Å²) in [5.74, 6) is 0.500. The van der Waals surface area contributed by atoms with Crippen molar-refractivity contribution in [2.75, 3.05) is 17.2 Å². The van der Waals surface area contributed by atoms with Gasteiger partial charge in [-0.05, 0) is 55.5 Å². The minimum absolute atomic E-state index is 0.268. The van der Waals surface area contributed by atoms with Crippen LogP contribution in [-0.2, 0) is 6.54 Å². The second-order valence-corrected chi connectivity index (χ2v) is 5.52. The molecule has 0 spiro atoms. The number of anilines is 2. The lowest BCUT2D eigenvalue weighted by molar-refractivity contribution is 0.102. The Morgan fingerprint density at radius 1 is 1.00 bits per heavy atom. The number of aromatic nitrogens is 2. The van der Waals surface area contributed by atoms with Gasteiger partial charge < -0.3 is 15.4 Å². The minimum atomic E-state index is -0.268. The number of hydrogen-bond donors (Lipinski definition) is 2. The van der Waals surface area contributed by atoms with Crippen LogP contribution in [0.15, 0.2) is 67.0 Å². The number of benzene rings is 1. The van der Waals surface area contributed by atoms with Gasteiger partial charge in [0.25, 0.3) is 5.91 Å². The van der Waals surface area contributed by atoms with Gasteiger partial charge in [0.15, 0.2) is 0 Å².